The van der Waals surface area contributed by atoms with Gasteiger partial charge in [-0.15, -0.1) is 0 Å². The summed E-state index contributed by atoms with van der Waals surface area (Å²) in [7, 11) is 0. The first-order valence-corrected chi connectivity index (χ1v) is 5.41. The Kier molecular flexibility index (Phi) is 6.14. The molecule has 0 saturated carbocycles. The Balaban J connectivity index is 0.000000561. The highest BCUT2D eigenvalue weighted by atomic mass is 14.2. The minimum absolute atomic E-state index is 0.943. The molecule has 0 amide bonds. The van der Waals surface area contributed by atoms with Gasteiger partial charge in [0.05, 0.1) is 0 Å². The quantitative estimate of drug-likeness (QED) is 0.503. The van der Waals surface area contributed by atoms with Crippen molar-refractivity contribution in [3.05, 3.63) is 11.1 Å². The zero-order chi connectivity index (χ0) is 9.56. The van der Waals surface area contributed by atoms with Crippen molar-refractivity contribution >= 4 is 0 Å². The van der Waals surface area contributed by atoms with E-state index in [0.29, 0.717) is 0 Å². The second-order valence-corrected chi connectivity index (χ2v) is 3.59. The van der Waals surface area contributed by atoms with Crippen LogP contribution in [0.3, 0.4) is 0 Å². The maximum absolute atomic E-state index is 2.36. The van der Waals surface area contributed by atoms with E-state index in [1.165, 1.54) is 25.7 Å². The van der Waals surface area contributed by atoms with Gasteiger partial charge in [0.25, 0.3) is 0 Å². The zero-order valence-electron chi connectivity index (χ0n) is 9.41. The van der Waals surface area contributed by atoms with Crippen molar-refractivity contribution in [2.45, 2.75) is 60.3 Å². The van der Waals surface area contributed by atoms with E-state index < -0.39 is 0 Å². The smallest absolute Gasteiger partial charge is 0.0292 e. The monoisotopic (exact) mass is 168 g/mol. The van der Waals surface area contributed by atoms with Crippen LogP contribution >= 0.6 is 0 Å². The van der Waals surface area contributed by atoms with Crippen molar-refractivity contribution in [2.24, 2.45) is 5.92 Å². The van der Waals surface area contributed by atoms with E-state index in [1.54, 1.807) is 11.1 Å². The molecule has 0 radical (unpaired) electrons. The molecule has 1 rings (SSSR count). The van der Waals surface area contributed by atoms with E-state index in [1.807, 2.05) is 13.8 Å². The molecule has 0 heteroatoms. The molecule has 0 nitrogen and oxygen atoms in total. The van der Waals surface area contributed by atoms with Gasteiger partial charge in [-0.05, 0) is 38.5 Å². The van der Waals surface area contributed by atoms with E-state index in [2.05, 4.69) is 20.8 Å². The number of allylic oxidation sites excluding steroid dienone is 2. The molecule has 1 aliphatic rings. The molecule has 0 aromatic rings. The van der Waals surface area contributed by atoms with E-state index >= 15 is 0 Å². The molecule has 0 saturated heterocycles. The fourth-order valence-corrected chi connectivity index (χ4v) is 1.78. The van der Waals surface area contributed by atoms with Gasteiger partial charge in [0, 0.05) is 0 Å². The molecule has 0 spiro atoms. The lowest BCUT2D eigenvalue weighted by molar-refractivity contribution is 0.488. The molecule has 0 fully saturated rings. The standard InChI is InChI=1S/C10H18.C2H6/c1-4-10-7-8(2)5-6-9(10)3;1-2/h8H,4-7H2,1-3H3;1-2H3. The summed E-state index contributed by atoms with van der Waals surface area (Å²) >= 11 is 0. The summed E-state index contributed by atoms with van der Waals surface area (Å²) < 4.78 is 0. The van der Waals surface area contributed by atoms with Crippen LogP contribution in [-0.4, -0.2) is 0 Å². The van der Waals surface area contributed by atoms with Crippen LogP contribution in [0.25, 0.3) is 0 Å². The summed E-state index contributed by atoms with van der Waals surface area (Å²) in [6.07, 6.45) is 5.40. The molecule has 0 heterocycles. The van der Waals surface area contributed by atoms with Crippen molar-refractivity contribution in [1.82, 2.24) is 0 Å². The maximum Gasteiger partial charge on any atom is -0.0292 e. The largest absolute Gasteiger partial charge is 0.0741 e. The molecule has 0 aromatic heterocycles. The highest BCUT2D eigenvalue weighted by Gasteiger charge is 2.12. The van der Waals surface area contributed by atoms with Gasteiger partial charge in [-0.1, -0.05) is 38.8 Å². The van der Waals surface area contributed by atoms with Gasteiger partial charge in [-0.25, -0.2) is 0 Å². The summed E-state index contributed by atoms with van der Waals surface area (Å²) in [5.74, 6) is 0.943. The Labute approximate surface area is 78.1 Å². The van der Waals surface area contributed by atoms with E-state index in [4.69, 9.17) is 0 Å². The van der Waals surface area contributed by atoms with Gasteiger partial charge in [0.1, 0.15) is 0 Å². The Hall–Kier alpha value is -0.260. The van der Waals surface area contributed by atoms with E-state index in [-0.39, 0.29) is 0 Å². The molecule has 0 bridgehead atoms. The van der Waals surface area contributed by atoms with Crippen LogP contribution in [-0.2, 0) is 0 Å². The molecule has 0 aliphatic heterocycles. The average molecular weight is 168 g/mol. The number of hydrogen-bond donors (Lipinski definition) is 0. The summed E-state index contributed by atoms with van der Waals surface area (Å²) in [6, 6.07) is 0. The van der Waals surface area contributed by atoms with Crippen LogP contribution in [0.15, 0.2) is 11.1 Å². The first-order valence-electron chi connectivity index (χ1n) is 5.41. The van der Waals surface area contributed by atoms with Crippen LogP contribution in [0.5, 0.6) is 0 Å². The van der Waals surface area contributed by atoms with Crippen LogP contribution in [0, 0.1) is 5.92 Å². The van der Waals surface area contributed by atoms with Gasteiger partial charge in [-0.3, -0.25) is 0 Å². The average Bonchev–Trinajstić information content (AvgIpc) is 2.13. The van der Waals surface area contributed by atoms with Crippen molar-refractivity contribution in [3.63, 3.8) is 0 Å². The molecular weight excluding hydrogens is 144 g/mol. The van der Waals surface area contributed by atoms with Crippen LogP contribution in [0.1, 0.15) is 60.3 Å². The second kappa shape index (κ2) is 6.28. The van der Waals surface area contributed by atoms with Crippen LogP contribution in [0.4, 0.5) is 0 Å². The van der Waals surface area contributed by atoms with Crippen molar-refractivity contribution in [2.75, 3.05) is 0 Å². The molecular formula is C12H24. The minimum atomic E-state index is 0.943. The molecule has 12 heavy (non-hydrogen) atoms. The normalized spacial score (nSPS) is 23.2. The topological polar surface area (TPSA) is 0 Å². The van der Waals surface area contributed by atoms with Gasteiger partial charge < -0.3 is 0 Å². The van der Waals surface area contributed by atoms with Gasteiger partial charge in [-0.2, -0.15) is 0 Å². The summed E-state index contributed by atoms with van der Waals surface area (Å²) in [6.45, 7) is 10.9. The third kappa shape index (κ3) is 3.42. The second-order valence-electron chi connectivity index (χ2n) is 3.59. The molecule has 0 aromatic carbocycles. The summed E-state index contributed by atoms with van der Waals surface area (Å²) in [5, 5.41) is 0. The summed E-state index contributed by atoms with van der Waals surface area (Å²) in [4.78, 5) is 0. The Morgan fingerprint density at radius 1 is 1.33 bits per heavy atom. The SMILES string of the molecule is CC.CCC1=C(C)CCC(C)C1. The first kappa shape index (κ1) is 11.7. The lowest BCUT2D eigenvalue weighted by Gasteiger charge is -2.22. The van der Waals surface area contributed by atoms with Gasteiger partial charge >= 0.3 is 0 Å². The van der Waals surface area contributed by atoms with Crippen molar-refractivity contribution in [1.29, 1.82) is 0 Å². The molecule has 1 atom stereocenters. The lowest BCUT2D eigenvalue weighted by atomic mass is 9.84. The zero-order valence-corrected chi connectivity index (χ0v) is 9.41. The Morgan fingerprint density at radius 2 is 1.92 bits per heavy atom. The van der Waals surface area contributed by atoms with Crippen molar-refractivity contribution in [3.8, 4) is 0 Å². The fraction of sp³-hybridized carbons (Fsp3) is 0.833. The Morgan fingerprint density at radius 3 is 2.33 bits per heavy atom. The third-order valence-electron chi connectivity index (χ3n) is 2.64. The van der Waals surface area contributed by atoms with Gasteiger partial charge in [0.15, 0.2) is 0 Å². The fourth-order valence-electron chi connectivity index (χ4n) is 1.78. The van der Waals surface area contributed by atoms with Crippen LogP contribution < -0.4 is 0 Å². The first-order chi connectivity index (χ1) is 5.74. The van der Waals surface area contributed by atoms with E-state index in [9.17, 15) is 0 Å². The van der Waals surface area contributed by atoms with Gasteiger partial charge in [0.2, 0.25) is 0 Å². The molecule has 1 aliphatic carbocycles. The molecule has 72 valence electrons. The highest BCUT2D eigenvalue weighted by molar-refractivity contribution is 5.15. The lowest BCUT2D eigenvalue weighted by Crippen LogP contribution is -2.05. The number of hydrogen-bond acceptors (Lipinski definition) is 0. The van der Waals surface area contributed by atoms with Crippen molar-refractivity contribution < 1.29 is 0 Å². The maximum atomic E-state index is 2.36. The molecule has 0 N–H and O–H groups in total. The number of rotatable bonds is 1. The predicted octanol–water partition coefficient (Wildman–Crippen LogP) is 4.56. The Bertz CT molecular complexity index is 142. The molecule has 1 unspecified atom stereocenters. The highest BCUT2D eigenvalue weighted by Crippen LogP contribution is 2.30. The third-order valence-corrected chi connectivity index (χ3v) is 2.64. The van der Waals surface area contributed by atoms with E-state index in [0.717, 1.165) is 5.92 Å². The summed E-state index contributed by atoms with van der Waals surface area (Å²) in [5.41, 5.74) is 3.39. The van der Waals surface area contributed by atoms with Crippen LogP contribution in [0.2, 0.25) is 0 Å². The minimum Gasteiger partial charge on any atom is -0.0741 e. The predicted molar refractivity (Wildman–Crippen MR) is 57.4 cm³/mol.